The van der Waals surface area contributed by atoms with Crippen LogP contribution in [0.4, 0.5) is 0 Å². The molecule has 0 saturated heterocycles. The SMILES string of the molecule is COC(=O)CCCCCCC1C(CO)CCC1OC(C)=O. The summed E-state index contributed by atoms with van der Waals surface area (Å²) in [7, 11) is 1.41. The smallest absolute Gasteiger partial charge is 0.305 e. The van der Waals surface area contributed by atoms with E-state index < -0.39 is 0 Å². The number of hydrogen-bond donors (Lipinski definition) is 1. The molecule has 21 heavy (non-hydrogen) atoms. The third-order valence-corrected chi connectivity index (χ3v) is 4.35. The first-order valence-corrected chi connectivity index (χ1v) is 7.93. The average Bonchev–Trinajstić information content (AvgIpc) is 2.83. The Hall–Kier alpha value is -1.10. The standard InChI is InChI=1S/C16H28O5/c1-12(18)21-15-10-9-13(11-17)14(15)7-5-3-4-6-8-16(19)20-2/h13-15,17H,3-11H2,1-2H3. The molecule has 0 heterocycles. The van der Waals surface area contributed by atoms with Gasteiger partial charge in [-0.05, 0) is 31.6 Å². The van der Waals surface area contributed by atoms with E-state index in [2.05, 4.69) is 4.74 Å². The van der Waals surface area contributed by atoms with Gasteiger partial charge in [-0.3, -0.25) is 9.59 Å². The predicted octanol–water partition coefficient (Wildman–Crippen LogP) is 2.45. The average molecular weight is 300 g/mol. The van der Waals surface area contributed by atoms with Gasteiger partial charge in [-0.15, -0.1) is 0 Å². The summed E-state index contributed by atoms with van der Waals surface area (Å²) >= 11 is 0. The molecule has 5 heteroatoms. The molecular weight excluding hydrogens is 272 g/mol. The van der Waals surface area contributed by atoms with Crippen molar-refractivity contribution in [1.82, 2.24) is 0 Å². The molecule has 0 spiro atoms. The summed E-state index contributed by atoms with van der Waals surface area (Å²) in [4.78, 5) is 22.1. The van der Waals surface area contributed by atoms with E-state index in [0.717, 1.165) is 44.9 Å². The highest BCUT2D eigenvalue weighted by molar-refractivity contribution is 5.69. The van der Waals surface area contributed by atoms with Crippen molar-refractivity contribution in [2.24, 2.45) is 11.8 Å². The van der Waals surface area contributed by atoms with Crippen molar-refractivity contribution in [2.45, 2.75) is 64.4 Å². The number of unbranched alkanes of at least 4 members (excludes halogenated alkanes) is 3. The van der Waals surface area contributed by atoms with Crippen LogP contribution in [0.25, 0.3) is 0 Å². The molecule has 5 nitrogen and oxygen atoms in total. The topological polar surface area (TPSA) is 72.8 Å². The van der Waals surface area contributed by atoms with Gasteiger partial charge in [-0.2, -0.15) is 0 Å². The summed E-state index contributed by atoms with van der Waals surface area (Å²) in [5.74, 6) is 0.145. The Morgan fingerprint density at radius 1 is 1.14 bits per heavy atom. The lowest BCUT2D eigenvalue weighted by Gasteiger charge is -2.23. The molecule has 3 atom stereocenters. The summed E-state index contributed by atoms with van der Waals surface area (Å²) in [5.41, 5.74) is 0. The normalized spacial score (nSPS) is 24.8. The van der Waals surface area contributed by atoms with Crippen LogP contribution in [0.5, 0.6) is 0 Å². The number of methoxy groups -OCH3 is 1. The number of ether oxygens (including phenoxy) is 2. The van der Waals surface area contributed by atoms with Crippen molar-refractivity contribution in [3.63, 3.8) is 0 Å². The highest BCUT2D eigenvalue weighted by Crippen LogP contribution is 2.37. The Bertz CT molecular complexity index is 329. The summed E-state index contributed by atoms with van der Waals surface area (Å²) in [6.07, 6.45) is 7.17. The molecule has 0 bridgehead atoms. The van der Waals surface area contributed by atoms with E-state index in [1.807, 2.05) is 0 Å². The van der Waals surface area contributed by atoms with Crippen molar-refractivity contribution in [1.29, 1.82) is 0 Å². The third-order valence-electron chi connectivity index (χ3n) is 4.35. The van der Waals surface area contributed by atoms with Gasteiger partial charge in [-0.25, -0.2) is 0 Å². The zero-order valence-corrected chi connectivity index (χ0v) is 13.2. The molecule has 1 saturated carbocycles. The summed E-state index contributed by atoms with van der Waals surface area (Å²) in [5, 5.41) is 9.43. The lowest BCUT2D eigenvalue weighted by Crippen LogP contribution is -2.25. The van der Waals surface area contributed by atoms with Gasteiger partial charge in [0.15, 0.2) is 0 Å². The minimum atomic E-state index is -0.235. The monoisotopic (exact) mass is 300 g/mol. The van der Waals surface area contributed by atoms with Crippen LogP contribution in [0.15, 0.2) is 0 Å². The molecule has 1 aliphatic rings. The number of hydrogen-bond acceptors (Lipinski definition) is 5. The summed E-state index contributed by atoms with van der Waals surface area (Å²) in [6.45, 7) is 1.61. The molecule has 0 radical (unpaired) electrons. The first-order valence-electron chi connectivity index (χ1n) is 7.93. The van der Waals surface area contributed by atoms with Crippen LogP contribution >= 0.6 is 0 Å². The maximum atomic E-state index is 11.1. The van der Waals surface area contributed by atoms with Crippen molar-refractivity contribution >= 4 is 11.9 Å². The molecule has 0 aromatic carbocycles. The molecule has 3 unspecified atom stereocenters. The van der Waals surface area contributed by atoms with Crippen LogP contribution < -0.4 is 0 Å². The van der Waals surface area contributed by atoms with Crippen molar-refractivity contribution in [2.75, 3.05) is 13.7 Å². The maximum Gasteiger partial charge on any atom is 0.305 e. The zero-order chi connectivity index (χ0) is 15.7. The molecule has 0 aliphatic heterocycles. The second kappa shape index (κ2) is 9.77. The largest absolute Gasteiger partial charge is 0.469 e. The van der Waals surface area contributed by atoms with E-state index in [1.54, 1.807) is 0 Å². The van der Waals surface area contributed by atoms with Crippen molar-refractivity contribution < 1.29 is 24.2 Å². The Morgan fingerprint density at radius 3 is 2.48 bits per heavy atom. The van der Waals surface area contributed by atoms with E-state index in [4.69, 9.17) is 4.74 Å². The minimum Gasteiger partial charge on any atom is -0.469 e. The van der Waals surface area contributed by atoms with Gasteiger partial charge < -0.3 is 14.6 Å². The third kappa shape index (κ3) is 6.46. The highest BCUT2D eigenvalue weighted by atomic mass is 16.5. The number of esters is 2. The predicted molar refractivity (Wildman–Crippen MR) is 78.6 cm³/mol. The molecule has 1 rings (SSSR count). The zero-order valence-electron chi connectivity index (χ0n) is 13.2. The number of rotatable bonds is 9. The first-order chi connectivity index (χ1) is 10.1. The Labute approximate surface area is 127 Å². The number of aliphatic hydroxyl groups excluding tert-OH is 1. The fourth-order valence-electron chi connectivity index (χ4n) is 3.22. The molecule has 0 aromatic rings. The fourth-order valence-corrected chi connectivity index (χ4v) is 3.22. The molecule has 0 amide bonds. The first kappa shape index (κ1) is 18.0. The molecular formula is C16H28O5. The van der Waals surface area contributed by atoms with Gasteiger partial charge in [0.1, 0.15) is 6.10 Å². The molecule has 1 aliphatic carbocycles. The van der Waals surface area contributed by atoms with E-state index >= 15 is 0 Å². The Balaban J connectivity index is 2.23. The number of carbonyl (C=O) groups excluding carboxylic acids is 2. The van der Waals surface area contributed by atoms with Gasteiger partial charge >= 0.3 is 11.9 Å². The van der Waals surface area contributed by atoms with Gasteiger partial charge in [-0.1, -0.05) is 19.3 Å². The van der Waals surface area contributed by atoms with Gasteiger partial charge in [0.25, 0.3) is 0 Å². The van der Waals surface area contributed by atoms with Gasteiger partial charge in [0.05, 0.1) is 7.11 Å². The Kier molecular flexibility index (Phi) is 8.35. The van der Waals surface area contributed by atoms with E-state index in [0.29, 0.717) is 6.42 Å². The summed E-state index contributed by atoms with van der Waals surface area (Å²) in [6, 6.07) is 0. The van der Waals surface area contributed by atoms with Gasteiger partial charge in [0, 0.05) is 25.9 Å². The lowest BCUT2D eigenvalue weighted by atomic mass is 9.89. The quantitative estimate of drug-likeness (QED) is 0.523. The van der Waals surface area contributed by atoms with Crippen LogP contribution in [0.3, 0.4) is 0 Å². The van der Waals surface area contributed by atoms with Crippen LogP contribution in [0.1, 0.15) is 58.3 Å². The molecule has 122 valence electrons. The number of aliphatic hydroxyl groups is 1. The summed E-state index contributed by atoms with van der Waals surface area (Å²) < 4.78 is 9.97. The highest BCUT2D eigenvalue weighted by Gasteiger charge is 2.37. The van der Waals surface area contributed by atoms with Gasteiger partial charge in [0.2, 0.25) is 0 Å². The fraction of sp³-hybridized carbons (Fsp3) is 0.875. The minimum absolute atomic E-state index is 0.0327. The Morgan fingerprint density at radius 2 is 1.86 bits per heavy atom. The molecule has 1 fully saturated rings. The van der Waals surface area contributed by atoms with Crippen molar-refractivity contribution in [3.05, 3.63) is 0 Å². The number of carbonyl (C=O) groups is 2. The van der Waals surface area contributed by atoms with E-state index in [1.165, 1.54) is 14.0 Å². The second-order valence-electron chi connectivity index (χ2n) is 5.86. The lowest BCUT2D eigenvalue weighted by molar-refractivity contribution is -0.148. The van der Waals surface area contributed by atoms with Crippen LogP contribution in [-0.4, -0.2) is 36.9 Å². The second-order valence-corrected chi connectivity index (χ2v) is 5.86. The van der Waals surface area contributed by atoms with E-state index in [9.17, 15) is 14.7 Å². The van der Waals surface area contributed by atoms with E-state index in [-0.39, 0.29) is 36.5 Å². The maximum absolute atomic E-state index is 11.1. The van der Waals surface area contributed by atoms with Crippen LogP contribution in [-0.2, 0) is 19.1 Å². The molecule has 1 N–H and O–H groups in total. The molecule has 0 aromatic heterocycles. The van der Waals surface area contributed by atoms with Crippen molar-refractivity contribution in [3.8, 4) is 0 Å². The van der Waals surface area contributed by atoms with Crippen LogP contribution in [0, 0.1) is 11.8 Å². The van der Waals surface area contributed by atoms with Crippen LogP contribution in [0.2, 0.25) is 0 Å².